The Hall–Kier alpha value is -6.16. The Labute approximate surface area is 254 Å². The zero-order valence-electron chi connectivity index (χ0n) is 23.9. The fourth-order valence-corrected chi connectivity index (χ4v) is 3.40. The zero-order chi connectivity index (χ0) is 31.6. The summed E-state index contributed by atoms with van der Waals surface area (Å²) < 4.78 is 39.7. The quantitative estimate of drug-likeness (QED) is 0.111. The van der Waals surface area contributed by atoms with Crippen LogP contribution >= 0.6 is 0 Å². The summed E-state index contributed by atoms with van der Waals surface area (Å²) in [6.45, 7) is 10.2. The highest BCUT2D eigenvalue weighted by molar-refractivity contribution is 5.89. The van der Waals surface area contributed by atoms with Crippen molar-refractivity contribution in [3.05, 3.63) is 154 Å². The van der Waals surface area contributed by atoms with E-state index in [0.29, 0.717) is 28.2 Å². The number of carbonyl (C=O) groups excluding carboxylic acids is 2. The first-order valence-electron chi connectivity index (χ1n) is 13.2. The molecule has 0 saturated heterocycles. The van der Waals surface area contributed by atoms with Crippen LogP contribution in [0.1, 0.15) is 47.2 Å². The highest BCUT2D eigenvalue weighted by atomic mass is 19.2. The predicted molar refractivity (Wildman–Crippen MR) is 165 cm³/mol. The van der Waals surface area contributed by atoms with Gasteiger partial charge >= 0.3 is 11.9 Å². The molecule has 0 spiro atoms. The number of rotatable bonds is 4. The van der Waals surface area contributed by atoms with E-state index >= 15 is 0 Å². The molecule has 0 heterocycles. The van der Waals surface area contributed by atoms with E-state index in [1.165, 1.54) is 12.1 Å². The summed E-state index contributed by atoms with van der Waals surface area (Å²) in [5.41, 5.74) is 2.95. The average molecular weight is 583 g/mol. The molecule has 0 N–H and O–H groups in total. The van der Waals surface area contributed by atoms with Crippen LogP contribution in [0.3, 0.4) is 0 Å². The van der Waals surface area contributed by atoms with Gasteiger partial charge in [-0.2, -0.15) is 0 Å². The second-order valence-corrected chi connectivity index (χ2v) is 9.50. The molecule has 0 radical (unpaired) electrons. The number of benzene rings is 4. The number of carbonyl (C=O) groups is 2. The van der Waals surface area contributed by atoms with Gasteiger partial charge in [-0.15, -0.1) is 0 Å². The zero-order valence-corrected chi connectivity index (χ0v) is 23.9. The van der Waals surface area contributed by atoms with Crippen molar-refractivity contribution in [3.8, 4) is 47.0 Å². The lowest BCUT2D eigenvalue weighted by Crippen LogP contribution is -2.07. The molecule has 0 aromatic heterocycles. The summed E-state index contributed by atoms with van der Waals surface area (Å²) in [5, 5.41) is 0. The number of halogens is 2. The smallest absolute Gasteiger partial charge is 0.338 e. The summed E-state index contributed by atoms with van der Waals surface area (Å²) in [7, 11) is 0. The molecule has 0 aliphatic carbocycles. The second kappa shape index (κ2) is 14.1. The SMILES string of the molecule is C=C(C)C(=O)Oc1ccc(C#Cc2ccc(C#Cc3ccc(C#Cc4ccc(OC(=O)C(=C)C)cc4)c(F)c3F)cc2)cc1. The fourth-order valence-electron chi connectivity index (χ4n) is 3.40. The molecule has 0 saturated carbocycles. The normalized spacial score (nSPS) is 9.64. The lowest BCUT2D eigenvalue weighted by atomic mass is 10.1. The van der Waals surface area contributed by atoms with Gasteiger partial charge in [0.1, 0.15) is 11.5 Å². The van der Waals surface area contributed by atoms with Crippen molar-refractivity contribution in [1.29, 1.82) is 0 Å². The van der Waals surface area contributed by atoms with Crippen molar-refractivity contribution in [2.45, 2.75) is 13.8 Å². The first kappa shape index (κ1) is 30.8. The Morgan fingerprint density at radius 3 is 1.07 bits per heavy atom. The topological polar surface area (TPSA) is 52.6 Å². The van der Waals surface area contributed by atoms with Crippen LogP contribution in [-0.4, -0.2) is 11.9 Å². The largest absolute Gasteiger partial charge is 0.423 e. The van der Waals surface area contributed by atoms with Crippen LogP contribution in [0.15, 0.2) is 109 Å². The van der Waals surface area contributed by atoms with Crippen LogP contribution in [0, 0.1) is 47.2 Å². The van der Waals surface area contributed by atoms with E-state index in [-0.39, 0.29) is 16.7 Å². The Bertz CT molecular complexity index is 1950. The van der Waals surface area contributed by atoms with Crippen LogP contribution in [0.25, 0.3) is 0 Å². The van der Waals surface area contributed by atoms with Gasteiger partial charge in [0.25, 0.3) is 0 Å². The first-order valence-corrected chi connectivity index (χ1v) is 13.2. The molecule has 0 amide bonds. The number of esters is 2. The van der Waals surface area contributed by atoms with Crippen molar-refractivity contribution >= 4 is 11.9 Å². The highest BCUT2D eigenvalue weighted by Crippen LogP contribution is 2.17. The van der Waals surface area contributed by atoms with Crippen molar-refractivity contribution in [1.82, 2.24) is 0 Å². The molecule has 4 nitrogen and oxygen atoms in total. The van der Waals surface area contributed by atoms with E-state index in [0.717, 1.165) is 11.1 Å². The average Bonchev–Trinajstić information content (AvgIpc) is 3.02. The Morgan fingerprint density at radius 1 is 0.500 bits per heavy atom. The molecular formula is C38H24F2O4. The van der Waals surface area contributed by atoms with E-state index in [1.54, 1.807) is 86.6 Å². The van der Waals surface area contributed by atoms with Crippen LogP contribution in [0.5, 0.6) is 11.5 Å². The number of hydrogen-bond acceptors (Lipinski definition) is 4. The van der Waals surface area contributed by atoms with Gasteiger partial charge in [-0.1, -0.05) is 48.7 Å². The maximum atomic E-state index is 14.7. The Morgan fingerprint density at radius 2 is 0.773 bits per heavy atom. The van der Waals surface area contributed by atoms with E-state index in [1.807, 2.05) is 0 Å². The molecule has 0 aliphatic rings. The molecule has 44 heavy (non-hydrogen) atoms. The van der Waals surface area contributed by atoms with Gasteiger partial charge in [-0.05, 0) is 98.8 Å². The highest BCUT2D eigenvalue weighted by Gasteiger charge is 2.11. The van der Waals surface area contributed by atoms with Gasteiger partial charge in [0.2, 0.25) is 0 Å². The minimum atomic E-state index is -1.09. The van der Waals surface area contributed by atoms with Crippen LogP contribution in [0.2, 0.25) is 0 Å². The van der Waals surface area contributed by atoms with Crippen LogP contribution in [-0.2, 0) is 9.59 Å². The molecular weight excluding hydrogens is 558 g/mol. The maximum absolute atomic E-state index is 14.7. The van der Waals surface area contributed by atoms with Crippen molar-refractivity contribution in [2.75, 3.05) is 0 Å². The molecule has 0 bridgehead atoms. The summed E-state index contributed by atoms with van der Waals surface area (Å²) in [6, 6.07) is 22.8. The maximum Gasteiger partial charge on any atom is 0.338 e. The molecule has 0 aliphatic heterocycles. The Kier molecular flexibility index (Phi) is 9.90. The molecule has 4 aromatic rings. The Balaban J connectivity index is 1.40. The minimum absolute atomic E-state index is 0.0991. The van der Waals surface area contributed by atoms with Gasteiger partial charge in [0, 0.05) is 33.4 Å². The van der Waals surface area contributed by atoms with Gasteiger partial charge in [0.15, 0.2) is 11.6 Å². The third-order valence-electron chi connectivity index (χ3n) is 5.83. The van der Waals surface area contributed by atoms with Crippen LogP contribution in [0.4, 0.5) is 8.78 Å². The van der Waals surface area contributed by atoms with Gasteiger partial charge in [0.05, 0.1) is 11.1 Å². The summed E-state index contributed by atoms with van der Waals surface area (Å²) in [6.07, 6.45) is 0. The molecule has 0 fully saturated rings. The lowest BCUT2D eigenvalue weighted by molar-refractivity contribution is -0.130. The van der Waals surface area contributed by atoms with Crippen molar-refractivity contribution in [2.24, 2.45) is 0 Å². The van der Waals surface area contributed by atoms with E-state index in [4.69, 9.17) is 9.47 Å². The summed E-state index contributed by atoms with van der Waals surface area (Å²) in [5.74, 6) is 14.4. The molecule has 0 atom stereocenters. The van der Waals surface area contributed by atoms with Crippen molar-refractivity contribution < 1.29 is 27.8 Å². The standard InChI is InChI=1S/C38H24F2O4/c1-25(2)37(41)43-33-21-13-29(14-22-33)10-7-27-5-8-28(9-6-27)11-17-31-19-20-32(36(40)35(31)39)18-12-30-15-23-34(24-16-30)44-38(42)26(3)4/h5-6,8-9,13-16,19-24H,1,3H2,2,4H3. The third kappa shape index (κ3) is 8.43. The number of ether oxygens (including phenoxy) is 2. The molecule has 0 unspecified atom stereocenters. The first-order chi connectivity index (χ1) is 21.1. The predicted octanol–water partition coefficient (Wildman–Crippen LogP) is 7.13. The third-order valence-corrected chi connectivity index (χ3v) is 5.83. The second-order valence-electron chi connectivity index (χ2n) is 9.50. The van der Waals surface area contributed by atoms with Crippen molar-refractivity contribution in [3.63, 3.8) is 0 Å². The summed E-state index contributed by atoms with van der Waals surface area (Å²) >= 11 is 0. The van der Waals surface area contributed by atoms with E-state index in [9.17, 15) is 18.4 Å². The molecule has 214 valence electrons. The molecule has 4 aromatic carbocycles. The van der Waals surface area contributed by atoms with Gasteiger partial charge in [-0.25, -0.2) is 18.4 Å². The summed E-state index contributed by atoms with van der Waals surface area (Å²) in [4.78, 5) is 23.2. The fraction of sp³-hybridized carbons (Fsp3) is 0.0526. The van der Waals surface area contributed by atoms with E-state index < -0.39 is 23.6 Å². The van der Waals surface area contributed by atoms with Gasteiger partial charge in [-0.3, -0.25) is 0 Å². The monoisotopic (exact) mass is 582 g/mol. The van der Waals surface area contributed by atoms with Gasteiger partial charge < -0.3 is 9.47 Å². The lowest BCUT2D eigenvalue weighted by Gasteiger charge is -2.03. The van der Waals surface area contributed by atoms with E-state index in [2.05, 4.69) is 48.7 Å². The molecule has 4 rings (SSSR count). The molecule has 6 heteroatoms. The number of hydrogen-bond donors (Lipinski definition) is 0. The minimum Gasteiger partial charge on any atom is -0.423 e. The van der Waals surface area contributed by atoms with Crippen LogP contribution < -0.4 is 9.47 Å².